The van der Waals surface area contributed by atoms with Crippen LogP contribution in [0.1, 0.15) is 37.3 Å². The largest absolute Gasteiger partial charge is 0.490 e. The molecular weight excluding hydrogens is 364 g/mol. The molecule has 1 amide bonds. The van der Waals surface area contributed by atoms with Gasteiger partial charge in [0.15, 0.2) is 0 Å². The molecule has 0 atom stereocenters. The van der Waals surface area contributed by atoms with Crippen LogP contribution in [0.3, 0.4) is 0 Å². The lowest BCUT2D eigenvalue weighted by Gasteiger charge is -2.15. The van der Waals surface area contributed by atoms with Crippen LogP contribution in [-0.4, -0.2) is 19.1 Å². The number of hydrogen-bond acceptors (Lipinski definition) is 4. The minimum Gasteiger partial charge on any atom is -0.490 e. The van der Waals surface area contributed by atoms with E-state index in [0.717, 1.165) is 16.9 Å². The zero-order valence-electron chi connectivity index (χ0n) is 15.5. The second-order valence-electron chi connectivity index (χ2n) is 6.25. The number of hydrogen-bond donors (Lipinski definition) is 1. The van der Waals surface area contributed by atoms with Gasteiger partial charge in [0.05, 0.1) is 6.07 Å². The predicted octanol–water partition coefficient (Wildman–Crippen LogP) is 4.45. The van der Waals surface area contributed by atoms with Gasteiger partial charge in [-0.15, -0.1) is 0 Å². The van der Waals surface area contributed by atoms with E-state index in [2.05, 4.69) is 25.2 Å². The molecule has 0 radical (unpaired) electrons. The third-order valence-electron chi connectivity index (χ3n) is 3.88. The number of carbonyl (C=O) groups is 1. The molecular formula is C21H23ClN2O3. The Morgan fingerprint density at radius 1 is 1.15 bits per heavy atom. The Kier molecular flexibility index (Phi) is 7.97. The number of ether oxygens (including phenoxy) is 2. The molecule has 0 aromatic heterocycles. The fourth-order valence-corrected chi connectivity index (χ4v) is 2.74. The van der Waals surface area contributed by atoms with Crippen LogP contribution in [0.15, 0.2) is 42.5 Å². The Labute approximate surface area is 164 Å². The van der Waals surface area contributed by atoms with Crippen molar-refractivity contribution < 1.29 is 14.3 Å². The summed E-state index contributed by atoms with van der Waals surface area (Å²) < 4.78 is 11.7. The highest BCUT2D eigenvalue weighted by molar-refractivity contribution is 6.30. The lowest BCUT2D eigenvalue weighted by atomic mass is 10.0. The minimum atomic E-state index is -0.336. The van der Waals surface area contributed by atoms with E-state index in [1.807, 2.05) is 24.3 Å². The fourth-order valence-electron chi connectivity index (χ4n) is 2.55. The van der Waals surface area contributed by atoms with Crippen LogP contribution in [0, 0.1) is 11.3 Å². The number of benzene rings is 2. The maximum Gasteiger partial charge on any atom is 0.234 e. The standard InChI is InChI=1S/C21H23ClN2O3/c1-15(2)18-5-3-4-6-20(18)27-12-11-26-19-8-7-17(22)13-16(19)14-24-21(25)9-10-23/h3-8,13,15H,9,11-12,14H2,1-2H3,(H,24,25). The summed E-state index contributed by atoms with van der Waals surface area (Å²) in [5.74, 6) is 1.52. The number of amides is 1. The summed E-state index contributed by atoms with van der Waals surface area (Å²) in [5.41, 5.74) is 1.90. The first-order chi connectivity index (χ1) is 13.0. The normalized spacial score (nSPS) is 10.3. The molecule has 0 aliphatic heterocycles. The van der Waals surface area contributed by atoms with E-state index in [9.17, 15) is 4.79 Å². The summed E-state index contributed by atoms with van der Waals surface area (Å²) in [6, 6.07) is 15.0. The number of nitriles is 1. The minimum absolute atomic E-state index is 0.181. The van der Waals surface area contributed by atoms with Gasteiger partial charge in [-0.1, -0.05) is 43.6 Å². The highest BCUT2D eigenvalue weighted by Crippen LogP contribution is 2.26. The van der Waals surface area contributed by atoms with Crippen molar-refractivity contribution in [2.45, 2.75) is 32.7 Å². The molecule has 0 saturated heterocycles. The van der Waals surface area contributed by atoms with Crippen molar-refractivity contribution in [2.75, 3.05) is 13.2 Å². The summed E-state index contributed by atoms with van der Waals surface area (Å²) >= 11 is 6.04. The van der Waals surface area contributed by atoms with Gasteiger partial charge >= 0.3 is 0 Å². The molecule has 0 aliphatic rings. The van der Waals surface area contributed by atoms with Gasteiger partial charge < -0.3 is 14.8 Å². The van der Waals surface area contributed by atoms with E-state index in [-0.39, 0.29) is 18.9 Å². The van der Waals surface area contributed by atoms with Gasteiger partial charge in [0.2, 0.25) is 5.91 Å². The third-order valence-corrected chi connectivity index (χ3v) is 4.11. The molecule has 27 heavy (non-hydrogen) atoms. The van der Waals surface area contributed by atoms with Gasteiger partial charge in [0.25, 0.3) is 0 Å². The fraction of sp³-hybridized carbons (Fsp3) is 0.333. The number of nitrogens with zero attached hydrogens (tertiary/aromatic N) is 1. The summed E-state index contributed by atoms with van der Waals surface area (Å²) in [4.78, 5) is 11.5. The van der Waals surface area contributed by atoms with Crippen molar-refractivity contribution in [3.63, 3.8) is 0 Å². The van der Waals surface area contributed by atoms with Crippen LogP contribution in [-0.2, 0) is 11.3 Å². The Morgan fingerprint density at radius 3 is 2.56 bits per heavy atom. The molecule has 0 saturated carbocycles. The summed E-state index contributed by atoms with van der Waals surface area (Å²) in [7, 11) is 0. The molecule has 142 valence electrons. The first-order valence-electron chi connectivity index (χ1n) is 8.78. The van der Waals surface area contributed by atoms with Crippen LogP contribution in [0.5, 0.6) is 11.5 Å². The average Bonchev–Trinajstić information content (AvgIpc) is 2.65. The summed E-state index contributed by atoms with van der Waals surface area (Å²) in [6.07, 6.45) is -0.181. The molecule has 0 fully saturated rings. The van der Waals surface area contributed by atoms with Crippen LogP contribution >= 0.6 is 11.6 Å². The maximum atomic E-state index is 11.5. The van der Waals surface area contributed by atoms with Gasteiger partial charge in [0.1, 0.15) is 31.1 Å². The van der Waals surface area contributed by atoms with Crippen molar-refractivity contribution in [2.24, 2.45) is 0 Å². The first-order valence-corrected chi connectivity index (χ1v) is 9.15. The van der Waals surface area contributed by atoms with Crippen molar-refractivity contribution in [3.05, 3.63) is 58.6 Å². The summed E-state index contributed by atoms with van der Waals surface area (Å²) in [5, 5.41) is 11.8. The van der Waals surface area contributed by atoms with E-state index < -0.39 is 0 Å². The Hall–Kier alpha value is -2.71. The smallest absolute Gasteiger partial charge is 0.234 e. The number of rotatable bonds is 9. The Balaban J connectivity index is 1.92. The molecule has 0 aliphatic carbocycles. The number of para-hydroxylation sites is 1. The van der Waals surface area contributed by atoms with Gasteiger partial charge in [-0.2, -0.15) is 5.26 Å². The van der Waals surface area contributed by atoms with E-state index in [1.165, 1.54) is 0 Å². The monoisotopic (exact) mass is 386 g/mol. The third kappa shape index (κ3) is 6.50. The topological polar surface area (TPSA) is 71.3 Å². The van der Waals surface area contributed by atoms with Crippen molar-refractivity contribution in [1.82, 2.24) is 5.32 Å². The lowest BCUT2D eigenvalue weighted by Crippen LogP contribution is -2.22. The molecule has 6 heteroatoms. The van der Waals surface area contributed by atoms with Crippen LogP contribution in [0.25, 0.3) is 0 Å². The second kappa shape index (κ2) is 10.4. The van der Waals surface area contributed by atoms with E-state index in [4.69, 9.17) is 26.3 Å². The van der Waals surface area contributed by atoms with Gasteiger partial charge in [0, 0.05) is 17.1 Å². The number of carbonyl (C=O) groups excluding carboxylic acids is 1. The quantitative estimate of drug-likeness (QED) is 0.646. The van der Waals surface area contributed by atoms with Crippen LogP contribution in [0.2, 0.25) is 5.02 Å². The van der Waals surface area contributed by atoms with Gasteiger partial charge in [-0.3, -0.25) is 4.79 Å². The highest BCUT2D eigenvalue weighted by Gasteiger charge is 2.09. The molecule has 0 unspecified atom stereocenters. The van der Waals surface area contributed by atoms with E-state index in [0.29, 0.717) is 29.9 Å². The molecule has 2 aromatic carbocycles. The molecule has 0 bridgehead atoms. The van der Waals surface area contributed by atoms with E-state index >= 15 is 0 Å². The van der Waals surface area contributed by atoms with Gasteiger partial charge in [-0.05, 0) is 35.7 Å². The van der Waals surface area contributed by atoms with Crippen molar-refractivity contribution >= 4 is 17.5 Å². The predicted molar refractivity (Wildman–Crippen MR) is 105 cm³/mol. The zero-order valence-corrected chi connectivity index (χ0v) is 16.3. The molecule has 2 aromatic rings. The Bertz CT molecular complexity index is 815. The first kappa shape index (κ1) is 20.6. The molecule has 0 spiro atoms. The molecule has 0 heterocycles. The molecule has 1 N–H and O–H groups in total. The average molecular weight is 387 g/mol. The highest BCUT2D eigenvalue weighted by atomic mass is 35.5. The second-order valence-corrected chi connectivity index (χ2v) is 6.69. The van der Waals surface area contributed by atoms with Crippen molar-refractivity contribution in [1.29, 1.82) is 5.26 Å². The summed E-state index contributed by atoms with van der Waals surface area (Å²) in [6.45, 7) is 5.24. The SMILES string of the molecule is CC(C)c1ccccc1OCCOc1ccc(Cl)cc1CNC(=O)CC#N. The number of halogens is 1. The number of nitrogens with one attached hydrogen (secondary N) is 1. The zero-order chi connectivity index (χ0) is 19.6. The Morgan fingerprint density at radius 2 is 1.85 bits per heavy atom. The molecule has 5 nitrogen and oxygen atoms in total. The van der Waals surface area contributed by atoms with Gasteiger partial charge in [-0.25, -0.2) is 0 Å². The lowest BCUT2D eigenvalue weighted by molar-refractivity contribution is -0.120. The molecule has 2 rings (SSSR count). The van der Waals surface area contributed by atoms with Crippen molar-refractivity contribution in [3.8, 4) is 17.6 Å². The van der Waals surface area contributed by atoms with E-state index in [1.54, 1.807) is 18.2 Å². The van der Waals surface area contributed by atoms with Crippen LogP contribution in [0.4, 0.5) is 0 Å². The maximum absolute atomic E-state index is 11.5. The van der Waals surface area contributed by atoms with Crippen LogP contribution < -0.4 is 14.8 Å².